The van der Waals surface area contributed by atoms with Crippen LogP contribution in [-0.2, 0) is 16.1 Å². The number of primary amides is 1. The van der Waals surface area contributed by atoms with E-state index in [2.05, 4.69) is 0 Å². The number of halogens is 1. The van der Waals surface area contributed by atoms with Crippen LogP contribution in [0.4, 0.5) is 0 Å². The molecular weight excluding hydrogens is 276 g/mol. The van der Waals surface area contributed by atoms with Crippen molar-refractivity contribution in [3.05, 3.63) is 35.9 Å². The summed E-state index contributed by atoms with van der Waals surface area (Å²) in [6, 6.07) is 9.42. The van der Waals surface area contributed by atoms with Crippen LogP contribution in [0.1, 0.15) is 31.2 Å². The summed E-state index contributed by atoms with van der Waals surface area (Å²) in [6.45, 7) is 0.368. The van der Waals surface area contributed by atoms with Crippen LogP contribution < -0.4 is 11.5 Å². The van der Waals surface area contributed by atoms with E-state index in [0.717, 1.165) is 12.0 Å². The summed E-state index contributed by atoms with van der Waals surface area (Å²) < 4.78 is 5.62. The SMILES string of the molecule is Cl.NC(=O)C(OCc1ccccc1)C(N)CC1CCC1. The summed E-state index contributed by atoms with van der Waals surface area (Å²) in [5, 5.41) is 0. The largest absolute Gasteiger partial charge is 0.367 e. The van der Waals surface area contributed by atoms with E-state index in [1.807, 2.05) is 30.3 Å². The van der Waals surface area contributed by atoms with Gasteiger partial charge in [0, 0.05) is 6.04 Å². The number of ether oxygens (including phenoxy) is 1. The van der Waals surface area contributed by atoms with Crippen molar-refractivity contribution in [1.82, 2.24) is 0 Å². The predicted molar refractivity (Wildman–Crippen MR) is 81.4 cm³/mol. The van der Waals surface area contributed by atoms with Gasteiger partial charge >= 0.3 is 0 Å². The highest BCUT2D eigenvalue weighted by Crippen LogP contribution is 2.30. The lowest BCUT2D eigenvalue weighted by molar-refractivity contribution is -0.132. The highest BCUT2D eigenvalue weighted by Gasteiger charge is 2.29. The number of carbonyl (C=O) groups excluding carboxylic acids is 1. The van der Waals surface area contributed by atoms with Crippen LogP contribution in [-0.4, -0.2) is 18.1 Å². The average Bonchev–Trinajstić information content (AvgIpc) is 2.35. The number of carbonyl (C=O) groups is 1. The third-order valence-electron chi connectivity index (χ3n) is 3.77. The van der Waals surface area contributed by atoms with Crippen molar-refractivity contribution in [1.29, 1.82) is 0 Å². The molecule has 0 saturated heterocycles. The van der Waals surface area contributed by atoms with E-state index in [4.69, 9.17) is 16.2 Å². The van der Waals surface area contributed by atoms with Crippen molar-refractivity contribution in [3.63, 3.8) is 0 Å². The number of nitrogens with two attached hydrogens (primary N) is 2. The smallest absolute Gasteiger partial charge is 0.248 e. The van der Waals surface area contributed by atoms with Crippen molar-refractivity contribution in [2.24, 2.45) is 17.4 Å². The van der Waals surface area contributed by atoms with Crippen LogP contribution in [0.25, 0.3) is 0 Å². The molecule has 4 N–H and O–H groups in total. The molecule has 1 aromatic rings. The topological polar surface area (TPSA) is 78.3 Å². The Labute approximate surface area is 126 Å². The van der Waals surface area contributed by atoms with E-state index in [1.54, 1.807) is 0 Å². The zero-order valence-corrected chi connectivity index (χ0v) is 12.4. The molecule has 2 rings (SSSR count). The highest BCUT2D eigenvalue weighted by atomic mass is 35.5. The van der Waals surface area contributed by atoms with Gasteiger partial charge in [0.05, 0.1) is 6.61 Å². The van der Waals surface area contributed by atoms with Gasteiger partial charge in [0.15, 0.2) is 6.10 Å². The van der Waals surface area contributed by atoms with Gasteiger partial charge in [-0.25, -0.2) is 0 Å². The monoisotopic (exact) mass is 298 g/mol. The molecule has 5 heteroatoms. The molecule has 1 aromatic carbocycles. The van der Waals surface area contributed by atoms with Gasteiger partial charge in [0.2, 0.25) is 5.91 Å². The lowest BCUT2D eigenvalue weighted by Crippen LogP contribution is -2.47. The maximum absolute atomic E-state index is 11.5. The van der Waals surface area contributed by atoms with Crippen LogP contribution in [0.2, 0.25) is 0 Å². The molecule has 1 amide bonds. The van der Waals surface area contributed by atoms with Crippen LogP contribution in [0.15, 0.2) is 30.3 Å². The van der Waals surface area contributed by atoms with Gasteiger partial charge < -0.3 is 16.2 Å². The third kappa shape index (κ3) is 4.78. The average molecular weight is 299 g/mol. The summed E-state index contributed by atoms with van der Waals surface area (Å²) in [6.07, 6.45) is 3.81. The second-order valence-electron chi connectivity index (χ2n) is 5.32. The number of amides is 1. The van der Waals surface area contributed by atoms with Crippen molar-refractivity contribution in [2.45, 2.75) is 44.4 Å². The Morgan fingerprint density at radius 2 is 1.95 bits per heavy atom. The van der Waals surface area contributed by atoms with E-state index in [1.165, 1.54) is 19.3 Å². The standard InChI is InChI=1S/C15H22N2O2.ClH/c16-13(9-11-7-4-8-11)14(15(17)18)19-10-12-5-2-1-3-6-12;/h1-3,5-6,11,13-14H,4,7-10,16H2,(H2,17,18);1H. The number of benzene rings is 1. The normalized spacial score (nSPS) is 17.6. The lowest BCUT2D eigenvalue weighted by Gasteiger charge is -2.30. The Morgan fingerprint density at radius 3 is 2.45 bits per heavy atom. The minimum Gasteiger partial charge on any atom is -0.367 e. The molecule has 0 aliphatic heterocycles. The quantitative estimate of drug-likeness (QED) is 0.808. The van der Waals surface area contributed by atoms with Gasteiger partial charge in [0.1, 0.15) is 0 Å². The molecule has 0 heterocycles. The first-order chi connectivity index (χ1) is 9.16. The Bertz CT molecular complexity index is 410. The molecule has 0 bridgehead atoms. The first kappa shape index (κ1) is 17.0. The number of rotatable bonds is 7. The highest BCUT2D eigenvalue weighted by molar-refractivity contribution is 5.85. The minimum atomic E-state index is -0.694. The summed E-state index contributed by atoms with van der Waals surface area (Å²) in [5.41, 5.74) is 12.5. The van der Waals surface area contributed by atoms with Gasteiger partial charge in [-0.05, 0) is 17.9 Å². The lowest BCUT2D eigenvalue weighted by atomic mass is 9.80. The summed E-state index contributed by atoms with van der Waals surface area (Å²) in [4.78, 5) is 11.5. The van der Waals surface area contributed by atoms with Crippen LogP contribution in [0.3, 0.4) is 0 Å². The van der Waals surface area contributed by atoms with Gasteiger partial charge in [-0.15, -0.1) is 12.4 Å². The Hall–Kier alpha value is -1.10. The molecule has 0 aromatic heterocycles. The van der Waals surface area contributed by atoms with Crippen LogP contribution in [0, 0.1) is 5.92 Å². The fraction of sp³-hybridized carbons (Fsp3) is 0.533. The van der Waals surface area contributed by atoms with E-state index < -0.39 is 12.0 Å². The number of hydrogen-bond acceptors (Lipinski definition) is 3. The van der Waals surface area contributed by atoms with E-state index in [0.29, 0.717) is 12.5 Å². The summed E-state index contributed by atoms with van der Waals surface area (Å²) in [5.74, 6) is 0.167. The van der Waals surface area contributed by atoms with Gasteiger partial charge in [-0.2, -0.15) is 0 Å². The molecule has 2 unspecified atom stereocenters. The molecule has 1 aliphatic rings. The molecule has 1 fully saturated rings. The zero-order valence-electron chi connectivity index (χ0n) is 11.5. The van der Waals surface area contributed by atoms with Gasteiger partial charge in [-0.1, -0.05) is 49.6 Å². The molecule has 4 nitrogen and oxygen atoms in total. The zero-order chi connectivity index (χ0) is 13.7. The molecule has 20 heavy (non-hydrogen) atoms. The second-order valence-corrected chi connectivity index (χ2v) is 5.32. The molecule has 0 spiro atoms. The first-order valence-corrected chi connectivity index (χ1v) is 6.87. The summed E-state index contributed by atoms with van der Waals surface area (Å²) >= 11 is 0. The first-order valence-electron chi connectivity index (χ1n) is 6.87. The number of hydrogen-bond donors (Lipinski definition) is 2. The van der Waals surface area contributed by atoms with E-state index in [-0.39, 0.29) is 18.4 Å². The predicted octanol–water partition coefficient (Wildman–Crippen LogP) is 2.00. The Kier molecular flexibility index (Phi) is 6.99. The van der Waals surface area contributed by atoms with Crippen molar-refractivity contribution < 1.29 is 9.53 Å². The van der Waals surface area contributed by atoms with Gasteiger partial charge in [-0.3, -0.25) is 4.79 Å². The van der Waals surface area contributed by atoms with E-state index in [9.17, 15) is 4.79 Å². The molecule has 0 radical (unpaired) electrons. The minimum absolute atomic E-state index is 0. The fourth-order valence-corrected chi connectivity index (χ4v) is 2.41. The van der Waals surface area contributed by atoms with Crippen molar-refractivity contribution >= 4 is 18.3 Å². The molecule has 2 atom stereocenters. The van der Waals surface area contributed by atoms with Crippen molar-refractivity contribution in [3.8, 4) is 0 Å². The van der Waals surface area contributed by atoms with Crippen LogP contribution in [0.5, 0.6) is 0 Å². The maximum Gasteiger partial charge on any atom is 0.248 e. The third-order valence-corrected chi connectivity index (χ3v) is 3.77. The Morgan fingerprint density at radius 1 is 1.30 bits per heavy atom. The maximum atomic E-state index is 11.5. The second kappa shape index (κ2) is 8.25. The van der Waals surface area contributed by atoms with E-state index >= 15 is 0 Å². The summed E-state index contributed by atoms with van der Waals surface area (Å²) in [7, 11) is 0. The fourth-order valence-electron chi connectivity index (χ4n) is 2.41. The van der Waals surface area contributed by atoms with Gasteiger partial charge in [0.25, 0.3) is 0 Å². The molecule has 1 saturated carbocycles. The Balaban J connectivity index is 0.00000200. The van der Waals surface area contributed by atoms with Crippen molar-refractivity contribution in [2.75, 3.05) is 0 Å². The molecule has 112 valence electrons. The molecule has 1 aliphatic carbocycles. The van der Waals surface area contributed by atoms with Crippen LogP contribution >= 0.6 is 12.4 Å². The molecular formula is C15H23ClN2O2.